The van der Waals surface area contributed by atoms with E-state index in [0.717, 1.165) is 44.1 Å². The van der Waals surface area contributed by atoms with E-state index in [9.17, 15) is 18.1 Å². The highest BCUT2D eigenvalue weighted by Gasteiger charge is 2.53. The van der Waals surface area contributed by atoms with Crippen molar-refractivity contribution in [1.29, 1.82) is 0 Å². The molecule has 5 heteroatoms. The number of benzene rings is 1. The van der Waals surface area contributed by atoms with Crippen LogP contribution in [-0.4, -0.2) is 18.1 Å². The maximum atomic E-state index is 12.7. The molecule has 2 unspecified atom stereocenters. The first-order valence-corrected chi connectivity index (χ1v) is 17.8. The second kappa shape index (κ2) is 19.0. The van der Waals surface area contributed by atoms with Crippen molar-refractivity contribution in [3.05, 3.63) is 41.0 Å². The zero-order valence-electron chi connectivity index (χ0n) is 25.1. The smallest absolute Gasteiger partial charge is 0.300 e. The van der Waals surface area contributed by atoms with Crippen LogP contribution in [-0.2, 0) is 15.1 Å². The van der Waals surface area contributed by atoms with E-state index in [2.05, 4.69) is 19.9 Å². The predicted molar refractivity (Wildman–Crippen MR) is 166 cm³/mol. The van der Waals surface area contributed by atoms with Gasteiger partial charge in [-0.15, -0.1) is 0 Å². The van der Waals surface area contributed by atoms with Crippen LogP contribution in [0.5, 0.6) is 0 Å². The molecule has 1 aromatic carbocycles. The Hall–Kier alpha value is -1.17. The van der Waals surface area contributed by atoms with Crippen molar-refractivity contribution in [1.82, 2.24) is 0 Å². The van der Waals surface area contributed by atoms with Gasteiger partial charge in [0.05, 0.1) is 0 Å². The Morgan fingerprint density at radius 1 is 0.667 bits per heavy atom. The van der Waals surface area contributed by atoms with Gasteiger partial charge >= 0.3 is 0 Å². The van der Waals surface area contributed by atoms with Crippen LogP contribution in [0.4, 0.5) is 0 Å². The quantitative estimate of drug-likeness (QED) is 0.103. The number of fused-ring (bicyclic) bond motifs is 1. The standard InChI is InChI=1S/C34H58O4S/c1-3-5-7-9-11-13-15-17-19-21-25-30-29-31-26-23-24-28-33(31)34(35,39(36,37)38)32(30)27-22-20-18-16-14-12-10-8-6-4-2/h23-24,26,28-29,32,35H,3-22,25,27H2,1-2H3,(H,36,37,38). The zero-order chi connectivity index (χ0) is 28.4. The van der Waals surface area contributed by atoms with Gasteiger partial charge in [-0.1, -0.05) is 172 Å². The summed E-state index contributed by atoms with van der Waals surface area (Å²) in [6.07, 6.45) is 28.0. The molecule has 0 heterocycles. The van der Waals surface area contributed by atoms with Crippen molar-refractivity contribution in [2.24, 2.45) is 5.92 Å². The lowest BCUT2D eigenvalue weighted by Gasteiger charge is -2.39. The second-order valence-corrected chi connectivity index (χ2v) is 13.5. The van der Waals surface area contributed by atoms with E-state index in [1.54, 1.807) is 12.1 Å². The van der Waals surface area contributed by atoms with Crippen molar-refractivity contribution >= 4 is 16.2 Å². The first kappa shape index (κ1) is 34.0. The molecule has 0 amide bonds. The average Bonchev–Trinajstić information content (AvgIpc) is 2.91. The predicted octanol–water partition coefficient (Wildman–Crippen LogP) is 10.4. The van der Waals surface area contributed by atoms with Crippen LogP contribution in [0.1, 0.15) is 166 Å². The van der Waals surface area contributed by atoms with Gasteiger partial charge in [-0.25, -0.2) is 0 Å². The molecule has 0 bridgehead atoms. The van der Waals surface area contributed by atoms with Crippen molar-refractivity contribution in [2.75, 3.05) is 0 Å². The van der Waals surface area contributed by atoms with Gasteiger partial charge in [0.2, 0.25) is 4.93 Å². The van der Waals surface area contributed by atoms with Crippen molar-refractivity contribution in [2.45, 2.75) is 160 Å². The maximum absolute atomic E-state index is 12.7. The Balaban J connectivity index is 1.93. The summed E-state index contributed by atoms with van der Waals surface area (Å²) in [5, 5.41) is 11.7. The molecule has 4 nitrogen and oxygen atoms in total. The van der Waals surface area contributed by atoms with Crippen LogP contribution in [0.3, 0.4) is 0 Å². The minimum Gasteiger partial charge on any atom is -0.368 e. The van der Waals surface area contributed by atoms with Gasteiger partial charge in [-0.2, -0.15) is 8.42 Å². The minimum absolute atomic E-state index is 0.316. The van der Waals surface area contributed by atoms with Gasteiger partial charge in [0.25, 0.3) is 10.1 Å². The van der Waals surface area contributed by atoms with E-state index >= 15 is 0 Å². The fraction of sp³-hybridized carbons (Fsp3) is 0.765. The average molecular weight is 563 g/mol. The molecular formula is C34H58O4S. The molecular weight excluding hydrogens is 504 g/mol. The number of hydrogen-bond donors (Lipinski definition) is 2. The molecule has 0 saturated heterocycles. The zero-order valence-corrected chi connectivity index (χ0v) is 26.0. The third-order valence-corrected chi connectivity index (χ3v) is 9.96. The van der Waals surface area contributed by atoms with E-state index in [1.807, 2.05) is 12.1 Å². The van der Waals surface area contributed by atoms with Crippen LogP contribution in [0, 0.1) is 5.92 Å². The molecule has 0 aromatic heterocycles. The number of aliphatic hydroxyl groups is 1. The molecule has 2 atom stereocenters. The Bertz CT molecular complexity index is 923. The summed E-state index contributed by atoms with van der Waals surface area (Å²) in [4.78, 5) is -2.27. The highest BCUT2D eigenvalue weighted by molar-refractivity contribution is 7.86. The van der Waals surface area contributed by atoms with Crippen molar-refractivity contribution in [3.63, 3.8) is 0 Å². The van der Waals surface area contributed by atoms with E-state index in [1.165, 1.54) is 96.3 Å². The fourth-order valence-corrected chi connectivity index (χ4v) is 7.38. The summed E-state index contributed by atoms with van der Waals surface area (Å²) in [7, 11) is -4.72. The summed E-state index contributed by atoms with van der Waals surface area (Å²) >= 11 is 0. The van der Waals surface area contributed by atoms with E-state index in [-0.39, 0.29) is 0 Å². The van der Waals surface area contributed by atoms with E-state index < -0.39 is 21.0 Å². The van der Waals surface area contributed by atoms with Gasteiger partial charge in [0.1, 0.15) is 0 Å². The van der Waals surface area contributed by atoms with Gasteiger partial charge in [-0.3, -0.25) is 4.55 Å². The second-order valence-electron chi connectivity index (χ2n) is 11.9. The molecule has 0 saturated carbocycles. The van der Waals surface area contributed by atoms with Gasteiger partial charge < -0.3 is 5.11 Å². The largest absolute Gasteiger partial charge is 0.368 e. The Morgan fingerprint density at radius 2 is 1.10 bits per heavy atom. The van der Waals surface area contributed by atoms with Crippen LogP contribution in [0.25, 0.3) is 6.08 Å². The third kappa shape index (κ3) is 11.3. The normalized spacial score (nSPS) is 19.2. The Labute approximate surface area is 240 Å². The number of hydrogen-bond acceptors (Lipinski definition) is 3. The van der Waals surface area contributed by atoms with E-state index in [4.69, 9.17) is 0 Å². The molecule has 0 radical (unpaired) electrons. The molecule has 2 N–H and O–H groups in total. The molecule has 0 aliphatic heterocycles. The van der Waals surface area contributed by atoms with Crippen molar-refractivity contribution < 1.29 is 18.1 Å². The first-order chi connectivity index (χ1) is 18.9. The molecule has 0 spiro atoms. The molecule has 1 aliphatic rings. The summed E-state index contributed by atoms with van der Waals surface area (Å²) in [6, 6.07) is 7.11. The Kier molecular flexibility index (Phi) is 16.6. The number of unbranched alkanes of at least 4 members (excludes halogenated alkanes) is 18. The molecule has 0 fully saturated rings. The van der Waals surface area contributed by atoms with E-state index in [0.29, 0.717) is 17.5 Å². The summed E-state index contributed by atoms with van der Waals surface area (Å²) in [5.74, 6) is -0.602. The third-order valence-electron chi connectivity index (χ3n) is 8.67. The van der Waals surface area contributed by atoms with Crippen LogP contribution >= 0.6 is 0 Å². The van der Waals surface area contributed by atoms with Crippen LogP contribution < -0.4 is 0 Å². The molecule has 2 rings (SSSR count). The first-order valence-electron chi connectivity index (χ1n) is 16.4. The number of rotatable bonds is 23. The van der Waals surface area contributed by atoms with Gasteiger partial charge in [0.15, 0.2) is 0 Å². The summed E-state index contributed by atoms with van der Waals surface area (Å²) in [6.45, 7) is 4.49. The lowest BCUT2D eigenvalue weighted by Crippen LogP contribution is -2.45. The SMILES string of the molecule is CCCCCCCCCCCCC1=Cc2ccccc2C(O)(S(=O)(=O)O)C1CCCCCCCCCCCC. The maximum Gasteiger partial charge on any atom is 0.300 e. The Morgan fingerprint density at radius 3 is 1.59 bits per heavy atom. The molecule has 1 aromatic rings. The molecule has 1 aliphatic carbocycles. The van der Waals surface area contributed by atoms with Gasteiger partial charge in [0, 0.05) is 11.5 Å². The van der Waals surface area contributed by atoms with Crippen LogP contribution in [0.15, 0.2) is 29.8 Å². The monoisotopic (exact) mass is 562 g/mol. The van der Waals surface area contributed by atoms with Crippen LogP contribution in [0.2, 0.25) is 0 Å². The van der Waals surface area contributed by atoms with Gasteiger partial charge in [-0.05, 0) is 24.8 Å². The molecule has 39 heavy (non-hydrogen) atoms. The summed E-state index contributed by atoms with van der Waals surface area (Å²) in [5.41, 5.74) is 2.00. The highest BCUT2D eigenvalue weighted by atomic mass is 32.2. The minimum atomic E-state index is -4.72. The summed E-state index contributed by atoms with van der Waals surface area (Å²) < 4.78 is 35.8. The molecule has 224 valence electrons. The van der Waals surface area contributed by atoms with Crippen molar-refractivity contribution in [3.8, 4) is 0 Å². The lowest BCUT2D eigenvalue weighted by atomic mass is 9.76. The topological polar surface area (TPSA) is 74.6 Å². The lowest BCUT2D eigenvalue weighted by molar-refractivity contribution is 0.0558. The highest BCUT2D eigenvalue weighted by Crippen LogP contribution is 2.48. The fourth-order valence-electron chi connectivity index (χ4n) is 6.29.